The van der Waals surface area contributed by atoms with E-state index in [-0.39, 0.29) is 23.7 Å². The number of amides is 1. The summed E-state index contributed by atoms with van der Waals surface area (Å²) in [6, 6.07) is 19.2. The van der Waals surface area contributed by atoms with Crippen molar-refractivity contribution in [2.24, 2.45) is 0 Å². The van der Waals surface area contributed by atoms with E-state index in [2.05, 4.69) is 28.8 Å². The predicted octanol–water partition coefficient (Wildman–Crippen LogP) is 8.52. The van der Waals surface area contributed by atoms with Crippen LogP contribution in [0, 0.1) is 0 Å². The van der Waals surface area contributed by atoms with Crippen molar-refractivity contribution in [2.45, 2.75) is 40.8 Å². The molecule has 0 saturated carbocycles. The van der Waals surface area contributed by atoms with Crippen LogP contribution in [-0.2, 0) is 11.0 Å². The molecule has 0 bridgehead atoms. The molecule has 6 nitrogen and oxygen atoms in total. The highest BCUT2D eigenvalue weighted by atomic mass is 19.4. The van der Waals surface area contributed by atoms with Crippen LogP contribution in [0.15, 0.2) is 102 Å². The Kier molecular flexibility index (Phi) is 13.6. The highest BCUT2D eigenvalue weighted by Crippen LogP contribution is 2.36. The Morgan fingerprint density at radius 3 is 1.95 bits per heavy atom. The lowest BCUT2D eigenvalue weighted by Crippen LogP contribution is -2.19. The first-order valence-electron chi connectivity index (χ1n) is 12.5. The lowest BCUT2D eigenvalue weighted by Gasteiger charge is -2.20. The number of carbonyl (C=O) groups excluding carboxylic acids is 1. The highest BCUT2D eigenvalue weighted by Gasteiger charge is 2.35. The third-order valence-corrected chi connectivity index (χ3v) is 4.54. The average Bonchev–Trinajstić information content (AvgIpc) is 2.90. The zero-order valence-electron chi connectivity index (χ0n) is 23.3. The van der Waals surface area contributed by atoms with Crippen molar-refractivity contribution in [2.75, 3.05) is 10.6 Å². The number of fused-ring (bicyclic) bond motifs is 1. The Bertz CT molecular complexity index is 1450. The van der Waals surface area contributed by atoms with Gasteiger partial charge in [0.2, 0.25) is 6.41 Å². The van der Waals surface area contributed by atoms with E-state index in [1.165, 1.54) is 10.1 Å². The molecule has 4 aromatic rings. The Labute approximate surface area is 232 Å². The van der Waals surface area contributed by atoms with Crippen LogP contribution < -0.4 is 16.1 Å². The number of allylic oxidation sites excluding steroid dienone is 2. The maximum atomic E-state index is 13.8. The van der Waals surface area contributed by atoms with Gasteiger partial charge in [0.15, 0.2) is 11.1 Å². The van der Waals surface area contributed by atoms with Crippen LogP contribution in [-0.4, -0.2) is 16.0 Å². The van der Waals surface area contributed by atoms with Gasteiger partial charge in [-0.15, -0.1) is 13.2 Å². The van der Waals surface area contributed by atoms with E-state index in [0.717, 1.165) is 6.07 Å². The number of nitrogens with zero attached hydrogens (tertiary/aromatic N) is 2. The van der Waals surface area contributed by atoms with Gasteiger partial charge in [0.1, 0.15) is 11.6 Å². The van der Waals surface area contributed by atoms with Gasteiger partial charge in [-0.1, -0.05) is 61.9 Å². The fraction of sp³-hybridized carbons (Fsp3) is 0.194. The van der Waals surface area contributed by atoms with E-state index >= 15 is 0 Å². The summed E-state index contributed by atoms with van der Waals surface area (Å²) in [5.74, 6) is -0.102. The number of pyridine rings is 2. The highest BCUT2D eigenvalue weighted by molar-refractivity contribution is 5.87. The van der Waals surface area contributed by atoms with Gasteiger partial charge in [0.25, 0.3) is 0 Å². The fourth-order valence-corrected chi connectivity index (χ4v) is 3.27. The van der Waals surface area contributed by atoms with Crippen LogP contribution in [0.2, 0.25) is 0 Å². The maximum absolute atomic E-state index is 13.8. The van der Waals surface area contributed by atoms with Crippen LogP contribution >= 0.6 is 0 Å². The lowest BCUT2D eigenvalue weighted by molar-refractivity contribution is -0.136. The number of alkyl halides is 3. The number of nitrogens with one attached hydrogen (secondary N) is 2. The number of hydrogen-bond donors (Lipinski definition) is 2. The van der Waals surface area contributed by atoms with Crippen molar-refractivity contribution in [1.29, 1.82) is 0 Å². The van der Waals surface area contributed by atoms with E-state index in [1.54, 1.807) is 60.7 Å². The lowest BCUT2D eigenvalue weighted by atomic mass is 10.1. The third-order valence-electron chi connectivity index (χ3n) is 4.54. The zero-order valence-corrected chi connectivity index (χ0v) is 23.3. The Morgan fingerprint density at radius 2 is 1.48 bits per heavy atom. The zero-order chi connectivity index (χ0) is 30.3. The van der Waals surface area contributed by atoms with Crippen molar-refractivity contribution in [3.05, 3.63) is 113 Å². The molecule has 0 aliphatic rings. The minimum Gasteiger partial charge on any atom is -0.341 e. The molecule has 2 heterocycles. The molecular formula is C31H35F3N4O2. The van der Waals surface area contributed by atoms with Crippen LogP contribution in [0.5, 0.6) is 0 Å². The monoisotopic (exact) mass is 552 g/mol. The molecule has 0 spiro atoms. The largest absolute Gasteiger partial charge is 0.417 e. The Hall–Kier alpha value is -4.66. The van der Waals surface area contributed by atoms with E-state index in [1.807, 2.05) is 40.7 Å². The summed E-state index contributed by atoms with van der Waals surface area (Å²) in [5.41, 5.74) is 0.0103. The molecular weight excluding hydrogens is 517 g/mol. The summed E-state index contributed by atoms with van der Waals surface area (Å²) in [6.07, 6.45) is -2.85. The molecule has 0 fully saturated rings. The van der Waals surface area contributed by atoms with E-state index in [0.29, 0.717) is 17.4 Å². The van der Waals surface area contributed by atoms with Gasteiger partial charge in [0.05, 0.1) is 10.9 Å². The second-order valence-electron chi connectivity index (χ2n) is 8.18. The number of rotatable bonds is 5. The molecule has 40 heavy (non-hydrogen) atoms. The molecule has 2 aromatic carbocycles. The predicted molar refractivity (Wildman–Crippen MR) is 159 cm³/mol. The standard InChI is InChI=1S/C22H15F3N4O2.C4H8.C3H6.C2H6/c23-22(24,25)16-11-18(26-13-30)28-21-20(16)17(31)12-19(27-14-7-3-1-4-8-14)29(21)15-9-5-2-6-10-15;1-4(2)3;1-3-2;1-2/h1-13,27H,(H,26,28,30);1H2,2-3H3;3H,1H2,2H3;1-2H3. The third kappa shape index (κ3) is 9.58. The number of benzene rings is 2. The van der Waals surface area contributed by atoms with Crippen LogP contribution in [0.1, 0.15) is 40.2 Å². The number of aromatic nitrogens is 2. The van der Waals surface area contributed by atoms with Gasteiger partial charge in [-0.3, -0.25) is 14.2 Å². The molecule has 1 amide bonds. The molecule has 9 heteroatoms. The quantitative estimate of drug-likeness (QED) is 0.192. The first kappa shape index (κ1) is 33.4. The SMILES string of the molecule is C=C(C)C.C=CC.CC.O=CNc1cc(C(F)(F)F)c2c(=O)cc(Nc3ccccc3)n(-c3ccccc3)c2n1. The van der Waals surface area contributed by atoms with E-state index in [4.69, 9.17) is 0 Å². The topological polar surface area (TPSA) is 76.0 Å². The summed E-state index contributed by atoms with van der Waals surface area (Å²) in [6.45, 7) is 16.8. The van der Waals surface area contributed by atoms with Crippen molar-refractivity contribution >= 4 is 34.8 Å². The van der Waals surface area contributed by atoms with Crippen LogP contribution in [0.3, 0.4) is 0 Å². The summed E-state index contributed by atoms with van der Waals surface area (Å²) < 4.78 is 42.8. The Balaban J connectivity index is 0.000000788. The van der Waals surface area contributed by atoms with E-state index in [9.17, 15) is 22.8 Å². The van der Waals surface area contributed by atoms with Gasteiger partial charge in [0, 0.05) is 17.4 Å². The molecule has 4 rings (SSSR count). The second kappa shape index (κ2) is 16.3. The second-order valence-corrected chi connectivity index (χ2v) is 8.18. The fourth-order valence-electron chi connectivity index (χ4n) is 3.27. The van der Waals surface area contributed by atoms with Gasteiger partial charge >= 0.3 is 6.18 Å². The first-order valence-corrected chi connectivity index (χ1v) is 12.5. The molecule has 0 radical (unpaired) electrons. The average molecular weight is 553 g/mol. The van der Waals surface area contributed by atoms with Crippen LogP contribution in [0.4, 0.5) is 30.5 Å². The first-order chi connectivity index (χ1) is 19.0. The summed E-state index contributed by atoms with van der Waals surface area (Å²) >= 11 is 0. The molecule has 2 N–H and O–H groups in total. The van der Waals surface area contributed by atoms with Gasteiger partial charge in [-0.2, -0.15) is 13.2 Å². The minimum absolute atomic E-state index is 0.221. The number of para-hydroxylation sites is 2. The van der Waals surface area contributed by atoms with Gasteiger partial charge < -0.3 is 10.6 Å². The summed E-state index contributed by atoms with van der Waals surface area (Å²) in [4.78, 5) is 27.9. The van der Waals surface area contributed by atoms with Crippen molar-refractivity contribution < 1.29 is 18.0 Å². The number of hydrogen-bond acceptors (Lipinski definition) is 4. The van der Waals surface area contributed by atoms with Gasteiger partial charge in [-0.25, -0.2) is 4.98 Å². The van der Waals surface area contributed by atoms with Crippen molar-refractivity contribution in [3.63, 3.8) is 0 Å². The number of carbonyl (C=O) groups is 1. The van der Waals surface area contributed by atoms with Gasteiger partial charge in [-0.05, 0) is 51.1 Å². The Morgan fingerprint density at radius 1 is 0.975 bits per heavy atom. The van der Waals surface area contributed by atoms with Crippen molar-refractivity contribution in [3.8, 4) is 5.69 Å². The van der Waals surface area contributed by atoms with Crippen LogP contribution in [0.25, 0.3) is 16.7 Å². The van der Waals surface area contributed by atoms with Crippen molar-refractivity contribution in [1.82, 2.24) is 9.55 Å². The summed E-state index contributed by atoms with van der Waals surface area (Å²) in [5, 5.41) is 4.63. The number of halogens is 3. The molecule has 2 aromatic heterocycles. The molecule has 0 atom stereocenters. The molecule has 212 valence electrons. The number of anilines is 3. The molecule has 0 unspecified atom stereocenters. The molecule has 0 aliphatic carbocycles. The minimum atomic E-state index is -4.83. The smallest absolute Gasteiger partial charge is 0.341 e. The maximum Gasteiger partial charge on any atom is 0.417 e. The normalized spacial score (nSPS) is 9.90. The molecule has 0 saturated heterocycles. The van der Waals surface area contributed by atoms with E-state index < -0.39 is 22.6 Å². The summed E-state index contributed by atoms with van der Waals surface area (Å²) in [7, 11) is 0. The molecule has 0 aliphatic heterocycles.